The molecule has 2 rings (SSSR count). The van der Waals surface area contributed by atoms with Gasteiger partial charge in [-0.2, -0.15) is 0 Å². The maximum Gasteiger partial charge on any atom is 0.316 e. The number of nitrogens with two attached hydrogens (primary N) is 1. The first kappa shape index (κ1) is 15.1. The van der Waals surface area contributed by atoms with Crippen LogP contribution in [0.4, 0.5) is 20.6 Å². The Bertz CT molecular complexity index is 646. The Hall–Kier alpha value is -2.27. The van der Waals surface area contributed by atoms with E-state index in [1.165, 1.54) is 12.1 Å². The molecule has 0 aliphatic heterocycles. The van der Waals surface area contributed by atoms with Gasteiger partial charge in [0.25, 0.3) is 0 Å². The van der Waals surface area contributed by atoms with Gasteiger partial charge in [-0.05, 0) is 48.9 Å². The SMILES string of the molecule is CC(Nc1ccc(NC(N)=O)cc1)c1ccc(Cl)c(F)c1. The van der Waals surface area contributed by atoms with Gasteiger partial charge in [0.2, 0.25) is 0 Å². The van der Waals surface area contributed by atoms with Crippen molar-refractivity contribution in [2.24, 2.45) is 5.73 Å². The third-order valence-electron chi connectivity index (χ3n) is 2.98. The first-order chi connectivity index (χ1) is 9.95. The zero-order valence-electron chi connectivity index (χ0n) is 11.4. The van der Waals surface area contributed by atoms with Crippen molar-refractivity contribution in [3.05, 3.63) is 58.9 Å². The number of nitrogens with one attached hydrogen (secondary N) is 2. The quantitative estimate of drug-likeness (QED) is 0.794. The number of carbonyl (C=O) groups is 1. The Morgan fingerprint density at radius 2 is 1.81 bits per heavy atom. The highest BCUT2D eigenvalue weighted by atomic mass is 35.5. The Balaban J connectivity index is 2.06. The van der Waals surface area contributed by atoms with Gasteiger partial charge in [-0.15, -0.1) is 0 Å². The maximum absolute atomic E-state index is 13.4. The van der Waals surface area contributed by atoms with E-state index in [0.717, 1.165) is 11.3 Å². The van der Waals surface area contributed by atoms with Crippen LogP contribution >= 0.6 is 11.6 Å². The summed E-state index contributed by atoms with van der Waals surface area (Å²) in [6.45, 7) is 1.91. The second-order valence-electron chi connectivity index (χ2n) is 4.61. The van der Waals surface area contributed by atoms with Crippen molar-refractivity contribution in [3.8, 4) is 0 Å². The van der Waals surface area contributed by atoms with Crippen molar-refractivity contribution < 1.29 is 9.18 Å². The van der Waals surface area contributed by atoms with Crippen molar-refractivity contribution in [1.82, 2.24) is 0 Å². The monoisotopic (exact) mass is 307 g/mol. The third-order valence-corrected chi connectivity index (χ3v) is 3.29. The molecule has 0 heterocycles. The van der Waals surface area contributed by atoms with Gasteiger partial charge in [0.1, 0.15) is 5.82 Å². The van der Waals surface area contributed by atoms with E-state index < -0.39 is 11.8 Å². The Morgan fingerprint density at radius 3 is 2.38 bits per heavy atom. The van der Waals surface area contributed by atoms with E-state index >= 15 is 0 Å². The van der Waals surface area contributed by atoms with Crippen molar-refractivity contribution in [3.63, 3.8) is 0 Å². The van der Waals surface area contributed by atoms with Crippen LogP contribution in [-0.4, -0.2) is 6.03 Å². The fraction of sp³-hybridized carbons (Fsp3) is 0.133. The number of rotatable bonds is 4. The average molecular weight is 308 g/mol. The summed E-state index contributed by atoms with van der Waals surface area (Å²) in [6, 6.07) is 11.1. The number of hydrogen-bond acceptors (Lipinski definition) is 2. The number of benzene rings is 2. The molecular formula is C15H15ClFN3O. The Labute approximate surface area is 127 Å². The number of hydrogen-bond donors (Lipinski definition) is 3. The first-order valence-corrected chi connectivity index (χ1v) is 6.71. The average Bonchev–Trinajstić information content (AvgIpc) is 2.43. The van der Waals surface area contributed by atoms with E-state index in [-0.39, 0.29) is 11.1 Å². The van der Waals surface area contributed by atoms with Gasteiger partial charge < -0.3 is 16.4 Å². The second-order valence-corrected chi connectivity index (χ2v) is 5.01. The summed E-state index contributed by atoms with van der Waals surface area (Å²) in [6.07, 6.45) is 0. The summed E-state index contributed by atoms with van der Waals surface area (Å²) in [4.78, 5) is 10.7. The minimum atomic E-state index is -0.610. The molecule has 6 heteroatoms. The van der Waals surface area contributed by atoms with E-state index in [1.54, 1.807) is 30.3 Å². The van der Waals surface area contributed by atoms with Crippen LogP contribution in [0.25, 0.3) is 0 Å². The lowest BCUT2D eigenvalue weighted by Crippen LogP contribution is -2.19. The summed E-state index contributed by atoms with van der Waals surface area (Å²) in [5, 5.41) is 5.81. The van der Waals surface area contributed by atoms with Crippen molar-refractivity contribution >= 4 is 29.0 Å². The molecule has 0 saturated heterocycles. The van der Waals surface area contributed by atoms with Gasteiger partial charge in [0.15, 0.2) is 0 Å². The fourth-order valence-corrected chi connectivity index (χ4v) is 2.02. The Kier molecular flexibility index (Phi) is 4.65. The molecule has 0 bridgehead atoms. The molecule has 2 aromatic carbocycles. The summed E-state index contributed by atoms with van der Waals surface area (Å²) in [5.41, 5.74) is 7.27. The molecule has 1 unspecified atom stereocenters. The first-order valence-electron chi connectivity index (χ1n) is 6.33. The lowest BCUT2D eigenvalue weighted by atomic mass is 10.1. The molecule has 2 amide bonds. The summed E-state index contributed by atoms with van der Waals surface area (Å²) >= 11 is 5.66. The van der Waals surface area contributed by atoms with Gasteiger partial charge in [-0.3, -0.25) is 0 Å². The van der Waals surface area contributed by atoms with Gasteiger partial charge >= 0.3 is 6.03 Å². The van der Waals surface area contributed by atoms with E-state index in [4.69, 9.17) is 17.3 Å². The van der Waals surface area contributed by atoms with Gasteiger partial charge in [-0.1, -0.05) is 17.7 Å². The molecule has 0 radical (unpaired) electrons. The number of amides is 2. The predicted octanol–water partition coefficient (Wildman–Crippen LogP) is 4.14. The molecule has 4 nitrogen and oxygen atoms in total. The van der Waals surface area contributed by atoms with Crippen LogP contribution in [0.15, 0.2) is 42.5 Å². The molecule has 0 saturated carbocycles. The van der Waals surface area contributed by atoms with Crippen LogP contribution in [0.5, 0.6) is 0 Å². The van der Waals surface area contributed by atoms with E-state index in [9.17, 15) is 9.18 Å². The maximum atomic E-state index is 13.4. The molecule has 0 spiro atoms. The van der Waals surface area contributed by atoms with Crippen molar-refractivity contribution in [2.45, 2.75) is 13.0 Å². The molecule has 0 aliphatic carbocycles. The number of primary amides is 1. The van der Waals surface area contributed by atoms with E-state index in [0.29, 0.717) is 5.69 Å². The van der Waals surface area contributed by atoms with Crippen LogP contribution < -0.4 is 16.4 Å². The normalized spacial score (nSPS) is 11.8. The minimum Gasteiger partial charge on any atom is -0.379 e. The number of halogens is 2. The topological polar surface area (TPSA) is 67.2 Å². The zero-order chi connectivity index (χ0) is 15.4. The highest BCUT2D eigenvalue weighted by Gasteiger charge is 2.08. The zero-order valence-corrected chi connectivity index (χ0v) is 12.1. The van der Waals surface area contributed by atoms with E-state index in [1.807, 2.05) is 6.92 Å². The molecule has 110 valence electrons. The summed E-state index contributed by atoms with van der Waals surface area (Å²) in [7, 11) is 0. The lowest BCUT2D eigenvalue weighted by Gasteiger charge is -2.16. The molecule has 0 aromatic heterocycles. The highest BCUT2D eigenvalue weighted by molar-refractivity contribution is 6.30. The van der Waals surface area contributed by atoms with Gasteiger partial charge in [0.05, 0.1) is 5.02 Å². The molecule has 2 aromatic rings. The van der Waals surface area contributed by atoms with Gasteiger partial charge in [0, 0.05) is 17.4 Å². The van der Waals surface area contributed by atoms with Crippen molar-refractivity contribution in [2.75, 3.05) is 10.6 Å². The molecule has 0 aliphatic rings. The van der Waals surface area contributed by atoms with Crippen LogP contribution in [0.1, 0.15) is 18.5 Å². The number of anilines is 2. The van der Waals surface area contributed by atoms with Crippen LogP contribution in [-0.2, 0) is 0 Å². The standard InChI is InChI=1S/C15H15ClFN3O/c1-9(10-2-7-13(16)14(17)8-10)19-11-3-5-12(6-4-11)20-15(18)21/h2-9,19H,1H3,(H3,18,20,21). The number of carbonyl (C=O) groups excluding carboxylic acids is 1. The lowest BCUT2D eigenvalue weighted by molar-refractivity contribution is 0.259. The van der Waals surface area contributed by atoms with E-state index in [2.05, 4.69) is 10.6 Å². The smallest absolute Gasteiger partial charge is 0.316 e. The van der Waals surface area contributed by atoms with Crippen LogP contribution in [0.3, 0.4) is 0 Å². The summed E-state index contributed by atoms with van der Waals surface area (Å²) < 4.78 is 13.4. The third kappa shape index (κ3) is 4.10. The van der Waals surface area contributed by atoms with Crippen molar-refractivity contribution in [1.29, 1.82) is 0 Å². The highest BCUT2D eigenvalue weighted by Crippen LogP contribution is 2.24. The molecule has 4 N–H and O–H groups in total. The number of urea groups is 1. The summed E-state index contributed by atoms with van der Waals surface area (Å²) in [5.74, 6) is -0.441. The fourth-order valence-electron chi connectivity index (χ4n) is 1.91. The molecule has 0 fully saturated rings. The largest absolute Gasteiger partial charge is 0.379 e. The van der Waals surface area contributed by atoms with Crippen LogP contribution in [0, 0.1) is 5.82 Å². The molecule has 21 heavy (non-hydrogen) atoms. The Morgan fingerprint density at radius 1 is 1.19 bits per heavy atom. The second kappa shape index (κ2) is 6.45. The van der Waals surface area contributed by atoms with Crippen LogP contribution in [0.2, 0.25) is 5.02 Å². The predicted molar refractivity (Wildman–Crippen MR) is 83.1 cm³/mol. The van der Waals surface area contributed by atoms with Gasteiger partial charge in [-0.25, -0.2) is 9.18 Å². The minimum absolute atomic E-state index is 0.0910. The molecule has 1 atom stereocenters. The molecular weight excluding hydrogens is 293 g/mol.